The molecule has 2 atom stereocenters. The number of hydrogen-bond acceptors (Lipinski definition) is 5. The molecule has 0 bridgehead atoms. The van der Waals surface area contributed by atoms with Gasteiger partial charge in [-0.05, 0) is 5.92 Å². The van der Waals surface area contributed by atoms with Crippen LogP contribution in [0.15, 0.2) is 0 Å². The summed E-state index contributed by atoms with van der Waals surface area (Å²) >= 11 is 3.90. The monoisotopic (exact) mass is 260 g/mol. The predicted molar refractivity (Wildman–Crippen MR) is 67.3 cm³/mol. The van der Waals surface area contributed by atoms with Crippen LogP contribution in [0.1, 0.15) is 13.8 Å². The molecule has 0 aliphatic heterocycles. The lowest BCUT2D eigenvalue weighted by molar-refractivity contribution is -0.130. The Morgan fingerprint density at radius 2 is 1.94 bits per heavy atom. The zero-order chi connectivity index (χ0) is 13.4. The summed E-state index contributed by atoms with van der Waals surface area (Å²) in [5, 5.41) is 4.86. The van der Waals surface area contributed by atoms with Crippen molar-refractivity contribution >= 4 is 30.7 Å². The van der Waals surface area contributed by atoms with E-state index in [2.05, 4.69) is 23.3 Å². The Morgan fingerprint density at radius 3 is 2.35 bits per heavy atom. The minimum Gasteiger partial charge on any atom is -0.347 e. The summed E-state index contributed by atoms with van der Waals surface area (Å²) in [7, 11) is 0. The van der Waals surface area contributed by atoms with E-state index in [9.17, 15) is 14.4 Å². The Kier molecular flexibility index (Phi) is 7.56. The van der Waals surface area contributed by atoms with Gasteiger partial charge >= 0.3 is 0 Å². The summed E-state index contributed by atoms with van der Waals surface area (Å²) in [5.74, 6) is -0.787. The number of carbonyl (C=O) groups excluding carboxylic acids is 3. The molecular weight excluding hydrogens is 242 g/mol. The first-order valence-corrected chi connectivity index (χ1v) is 5.86. The molecule has 0 aromatic carbocycles. The van der Waals surface area contributed by atoms with E-state index in [0.29, 0.717) is 0 Å². The lowest BCUT2D eigenvalue weighted by Gasteiger charge is -2.22. The smallest absolute Gasteiger partial charge is 0.243 e. The largest absolute Gasteiger partial charge is 0.347 e. The van der Waals surface area contributed by atoms with Gasteiger partial charge in [0.1, 0.15) is 6.04 Å². The van der Waals surface area contributed by atoms with Gasteiger partial charge in [0.2, 0.25) is 18.1 Å². The lowest BCUT2D eigenvalue weighted by Crippen LogP contribution is -2.54. The highest BCUT2D eigenvalue weighted by atomic mass is 32.1. The van der Waals surface area contributed by atoms with E-state index in [4.69, 9.17) is 5.73 Å². The van der Waals surface area contributed by atoms with Crippen molar-refractivity contribution in [2.24, 2.45) is 11.7 Å². The maximum absolute atomic E-state index is 11.6. The first-order valence-electron chi connectivity index (χ1n) is 5.23. The minimum absolute atomic E-state index is 0.113. The van der Waals surface area contributed by atoms with Crippen LogP contribution in [0.2, 0.25) is 0 Å². The van der Waals surface area contributed by atoms with Crippen molar-refractivity contribution in [3.8, 4) is 0 Å². The molecule has 0 aromatic heterocycles. The van der Waals surface area contributed by atoms with Gasteiger partial charge in [-0.15, -0.1) is 0 Å². The van der Waals surface area contributed by atoms with E-state index >= 15 is 0 Å². The third-order valence-corrected chi connectivity index (χ3v) is 2.51. The lowest BCUT2D eigenvalue weighted by atomic mass is 10.0. The zero-order valence-electron chi connectivity index (χ0n) is 9.90. The number of nitrogens with one attached hydrogen (secondary N) is 2. The number of hydrogen-bond donors (Lipinski definition) is 4. The van der Waals surface area contributed by atoms with E-state index in [1.165, 1.54) is 0 Å². The Balaban J connectivity index is 4.48. The molecule has 6 nitrogen and oxygen atoms in total. The zero-order valence-corrected chi connectivity index (χ0v) is 10.8. The molecule has 2 amide bonds. The van der Waals surface area contributed by atoms with Crippen LogP contribution in [0.4, 0.5) is 0 Å². The molecule has 0 aliphatic carbocycles. The quantitative estimate of drug-likeness (QED) is 0.423. The Bertz CT molecular complexity index is 284. The average Bonchev–Trinajstić information content (AvgIpc) is 2.30. The molecule has 97 valence electrons. The van der Waals surface area contributed by atoms with Gasteiger partial charge in [-0.2, -0.15) is 12.6 Å². The molecule has 0 unspecified atom stereocenters. The van der Waals surface area contributed by atoms with Crippen LogP contribution in [-0.4, -0.2) is 42.5 Å². The van der Waals surface area contributed by atoms with E-state index in [1.54, 1.807) is 20.1 Å². The van der Waals surface area contributed by atoms with Crippen LogP contribution in [-0.2, 0) is 14.4 Å². The molecule has 0 heterocycles. The van der Waals surface area contributed by atoms with Gasteiger partial charge in [0, 0.05) is 5.75 Å². The van der Waals surface area contributed by atoms with Crippen LogP contribution >= 0.6 is 12.6 Å². The molecule has 0 aromatic rings. The second kappa shape index (κ2) is 8.08. The van der Waals surface area contributed by atoms with Crippen LogP contribution in [0.3, 0.4) is 0 Å². The number of rotatable bonds is 7. The molecule has 0 aliphatic rings. The molecule has 17 heavy (non-hydrogen) atoms. The van der Waals surface area contributed by atoms with Crippen LogP contribution < -0.4 is 16.4 Å². The molecule has 4 N–H and O–H groups in total. The van der Waals surface area contributed by atoms with Crippen molar-refractivity contribution in [2.45, 2.75) is 25.9 Å². The standard InChI is InChI=1S/C10H18N3O3S/c1-6(2)8(10(16)12-3-4-14)13-9(15)7(11)5-17/h6-8,17H,3,5,11H2,1-2H3,(H,12,16)(H,13,15)/t7-,8-/m0/s1. The van der Waals surface area contributed by atoms with Crippen LogP contribution in [0.25, 0.3) is 0 Å². The first kappa shape index (κ1) is 15.9. The maximum atomic E-state index is 11.6. The Hall–Kier alpha value is -1.08. The highest BCUT2D eigenvalue weighted by molar-refractivity contribution is 7.80. The SMILES string of the molecule is CC(C)[C@H](NC(=O)[C@@H](N)CS)C(=O)NC[C]=O. The van der Waals surface area contributed by atoms with Gasteiger partial charge in [-0.3, -0.25) is 14.4 Å². The Morgan fingerprint density at radius 1 is 1.35 bits per heavy atom. The maximum Gasteiger partial charge on any atom is 0.243 e. The van der Waals surface area contributed by atoms with Gasteiger partial charge in [0.25, 0.3) is 0 Å². The summed E-state index contributed by atoms with van der Waals surface area (Å²) < 4.78 is 0. The summed E-state index contributed by atoms with van der Waals surface area (Å²) in [6, 6.07) is -1.48. The molecular formula is C10H18N3O3S. The van der Waals surface area contributed by atoms with Crippen molar-refractivity contribution in [2.75, 3.05) is 12.3 Å². The van der Waals surface area contributed by atoms with Crippen LogP contribution in [0, 0.1) is 5.92 Å². The number of thiol groups is 1. The average molecular weight is 260 g/mol. The molecule has 0 fully saturated rings. The molecule has 1 radical (unpaired) electrons. The molecule has 0 spiro atoms. The van der Waals surface area contributed by atoms with Crippen molar-refractivity contribution in [1.82, 2.24) is 10.6 Å². The second-order valence-electron chi connectivity index (χ2n) is 3.88. The summed E-state index contributed by atoms with van der Waals surface area (Å²) in [4.78, 5) is 33.2. The Labute approximate surface area is 106 Å². The second-order valence-corrected chi connectivity index (χ2v) is 4.25. The van der Waals surface area contributed by atoms with Crippen molar-refractivity contribution < 1.29 is 14.4 Å². The van der Waals surface area contributed by atoms with E-state index in [1.807, 2.05) is 0 Å². The van der Waals surface area contributed by atoms with Gasteiger partial charge < -0.3 is 16.4 Å². The predicted octanol–water partition coefficient (Wildman–Crippen LogP) is -1.39. The number of carbonyl (C=O) groups is 2. The van der Waals surface area contributed by atoms with Gasteiger partial charge in [-0.25, -0.2) is 0 Å². The van der Waals surface area contributed by atoms with Crippen LogP contribution in [0.5, 0.6) is 0 Å². The highest BCUT2D eigenvalue weighted by Crippen LogP contribution is 2.02. The van der Waals surface area contributed by atoms with E-state index in [0.717, 1.165) is 0 Å². The normalized spacial score (nSPS) is 13.9. The molecule has 0 rings (SSSR count). The fraction of sp³-hybridized carbons (Fsp3) is 0.700. The van der Waals surface area contributed by atoms with Crippen molar-refractivity contribution in [3.63, 3.8) is 0 Å². The van der Waals surface area contributed by atoms with Gasteiger partial charge in [0.15, 0.2) is 0 Å². The third kappa shape index (κ3) is 5.69. The summed E-state index contributed by atoms with van der Waals surface area (Å²) in [5.41, 5.74) is 5.48. The number of nitrogens with two attached hydrogens (primary N) is 1. The minimum atomic E-state index is -0.759. The topological polar surface area (TPSA) is 101 Å². The summed E-state index contributed by atoms with van der Waals surface area (Å²) in [6.07, 6.45) is 1.55. The third-order valence-electron chi connectivity index (χ3n) is 2.12. The fourth-order valence-corrected chi connectivity index (χ4v) is 1.28. The first-order chi connectivity index (χ1) is 7.93. The van der Waals surface area contributed by atoms with E-state index < -0.39 is 23.9 Å². The molecule has 0 saturated heterocycles. The fourth-order valence-electron chi connectivity index (χ4n) is 1.11. The van der Waals surface area contributed by atoms with Crippen molar-refractivity contribution in [1.29, 1.82) is 0 Å². The molecule has 0 saturated carbocycles. The van der Waals surface area contributed by atoms with E-state index in [-0.39, 0.29) is 18.2 Å². The number of amides is 2. The van der Waals surface area contributed by atoms with Gasteiger partial charge in [0.05, 0.1) is 12.6 Å². The molecule has 7 heteroatoms. The summed E-state index contributed by atoms with van der Waals surface area (Å²) in [6.45, 7) is 3.36. The highest BCUT2D eigenvalue weighted by Gasteiger charge is 2.25. The van der Waals surface area contributed by atoms with Crippen molar-refractivity contribution in [3.05, 3.63) is 0 Å². The van der Waals surface area contributed by atoms with Gasteiger partial charge in [-0.1, -0.05) is 13.8 Å².